The zero-order valence-electron chi connectivity index (χ0n) is 14.1. The Hall–Kier alpha value is -2.61. The van der Waals surface area contributed by atoms with Gasteiger partial charge in [0.05, 0.1) is 25.2 Å². The van der Waals surface area contributed by atoms with Crippen LogP contribution in [-0.4, -0.2) is 60.8 Å². The van der Waals surface area contributed by atoms with Crippen molar-refractivity contribution in [3.05, 3.63) is 35.4 Å². The van der Waals surface area contributed by atoms with E-state index in [0.29, 0.717) is 32.8 Å². The van der Waals surface area contributed by atoms with Crippen LogP contribution in [0.1, 0.15) is 11.1 Å². The quantitative estimate of drug-likeness (QED) is 0.668. The fourth-order valence-electron chi connectivity index (χ4n) is 2.79. The van der Waals surface area contributed by atoms with Gasteiger partial charge in [0.15, 0.2) is 0 Å². The van der Waals surface area contributed by atoms with Gasteiger partial charge in [0.25, 0.3) is 6.47 Å². The molecule has 2 heterocycles. The molecule has 2 atom stereocenters. The number of carbonyl (C=O) groups is 3. The van der Waals surface area contributed by atoms with Crippen LogP contribution in [0, 0.1) is 12.8 Å². The molecular weight excluding hydrogens is 326 g/mol. The largest absolute Gasteiger partial charge is 0.483 e. The molecule has 0 saturated carbocycles. The van der Waals surface area contributed by atoms with Crippen LogP contribution >= 0.6 is 0 Å². The predicted octanol–water partition coefficient (Wildman–Crippen LogP) is 0.352. The number of nitrogens with zero attached hydrogens (tertiary/aromatic N) is 1. The molecule has 0 aromatic heterocycles. The topological polar surface area (TPSA) is 108 Å². The van der Waals surface area contributed by atoms with Gasteiger partial charge in [-0.3, -0.25) is 9.59 Å². The summed E-state index contributed by atoms with van der Waals surface area (Å²) in [5.74, 6) is -0.297. The summed E-state index contributed by atoms with van der Waals surface area (Å²) in [6.07, 6.45) is 0. The summed E-state index contributed by atoms with van der Waals surface area (Å²) in [6.45, 7) is 4.01. The van der Waals surface area contributed by atoms with Gasteiger partial charge in [0.2, 0.25) is 5.91 Å². The molecule has 0 unspecified atom stereocenters. The van der Waals surface area contributed by atoms with Crippen LogP contribution in [0.25, 0.3) is 0 Å². The Balaban J connectivity index is 0.000000701. The molecule has 2 aliphatic rings. The molecule has 1 aromatic carbocycles. The number of aryl methyl sites for hydroxylation is 1. The van der Waals surface area contributed by atoms with Crippen molar-refractivity contribution in [2.24, 2.45) is 5.92 Å². The van der Waals surface area contributed by atoms with Crippen molar-refractivity contribution in [3.63, 3.8) is 0 Å². The van der Waals surface area contributed by atoms with Gasteiger partial charge in [-0.25, -0.2) is 4.79 Å². The van der Waals surface area contributed by atoms with E-state index in [1.54, 1.807) is 4.90 Å². The summed E-state index contributed by atoms with van der Waals surface area (Å²) in [4.78, 5) is 34.4. The lowest BCUT2D eigenvalue weighted by molar-refractivity contribution is -0.125. The monoisotopic (exact) mass is 349 g/mol. The van der Waals surface area contributed by atoms with Crippen molar-refractivity contribution in [1.29, 1.82) is 0 Å². The van der Waals surface area contributed by atoms with E-state index in [4.69, 9.17) is 14.6 Å². The Morgan fingerprint density at radius 2 is 2.04 bits per heavy atom. The minimum atomic E-state index is -0.280. The van der Waals surface area contributed by atoms with Crippen LogP contribution in [0.4, 0.5) is 4.79 Å². The van der Waals surface area contributed by atoms with Crippen molar-refractivity contribution >= 4 is 18.4 Å². The van der Waals surface area contributed by atoms with E-state index < -0.39 is 0 Å². The summed E-state index contributed by atoms with van der Waals surface area (Å²) < 4.78 is 5.46. The van der Waals surface area contributed by atoms with Crippen LogP contribution in [0.2, 0.25) is 0 Å². The normalized spacial score (nSPS) is 22.0. The maximum absolute atomic E-state index is 12.4. The van der Waals surface area contributed by atoms with Gasteiger partial charge in [-0.15, -0.1) is 0 Å². The number of hydrogen-bond acceptors (Lipinski definition) is 4. The third kappa shape index (κ3) is 5.46. The third-order valence-electron chi connectivity index (χ3n) is 4.09. The lowest BCUT2D eigenvalue weighted by Crippen LogP contribution is -2.48. The van der Waals surface area contributed by atoms with Crippen molar-refractivity contribution in [1.82, 2.24) is 15.5 Å². The SMILES string of the molecule is Cc1ccc(CNC(=O)N2C[C@H]3COC[C@@H](C2)C(=O)N3)cc1.O=CO. The van der Waals surface area contributed by atoms with Crippen molar-refractivity contribution < 1.29 is 24.2 Å². The summed E-state index contributed by atoms with van der Waals surface area (Å²) in [7, 11) is 0. The molecule has 8 heteroatoms. The zero-order valence-corrected chi connectivity index (χ0v) is 14.1. The van der Waals surface area contributed by atoms with E-state index in [0.717, 1.165) is 5.56 Å². The highest BCUT2D eigenvalue weighted by molar-refractivity contribution is 5.82. The van der Waals surface area contributed by atoms with Gasteiger partial charge in [-0.1, -0.05) is 29.8 Å². The second-order valence-corrected chi connectivity index (χ2v) is 6.09. The first-order valence-electron chi connectivity index (χ1n) is 8.07. The second kappa shape index (κ2) is 9.03. The van der Waals surface area contributed by atoms with Crippen LogP contribution in [-0.2, 0) is 20.9 Å². The van der Waals surface area contributed by atoms with Crippen LogP contribution in [0.3, 0.4) is 0 Å². The summed E-state index contributed by atoms with van der Waals surface area (Å²) in [6, 6.07) is 7.81. The molecule has 3 N–H and O–H groups in total. The molecule has 2 fully saturated rings. The van der Waals surface area contributed by atoms with E-state index in [2.05, 4.69) is 10.6 Å². The number of nitrogens with one attached hydrogen (secondary N) is 2. The molecule has 2 bridgehead atoms. The maximum atomic E-state index is 12.4. The second-order valence-electron chi connectivity index (χ2n) is 6.09. The number of carbonyl (C=O) groups excluding carboxylic acids is 2. The number of carboxylic acid groups (broad SMARTS) is 1. The minimum absolute atomic E-state index is 0.0173. The first-order chi connectivity index (χ1) is 12.0. The number of ether oxygens (including phenoxy) is 1. The van der Waals surface area contributed by atoms with Crippen LogP contribution < -0.4 is 10.6 Å². The number of fused-ring (bicyclic) bond motifs is 3. The molecule has 136 valence electrons. The van der Waals surface area contributed by atoms with E-state index >= 15 is 0 Å². The fraction of sp³-hybridized carbons (Fsp3) is 0.471. The first-order valence-corrected chi connectivity index (χ1v) is 8.07. The predicted molar refractivity (Wildman–Crippen MR) is 89.9 cm³/mol. The highest BCUT2D eigenvalue weighted by Crippen LogP contribution is 2.14. The minimum Gasteiger partial charge on any atom is -0.483 e. The van der Waals surface area contributed by atoms with Crippen LogP contribution in [0.5, 0.6) is 0 Å². The van der Waals surface area contributed by atoms with Gasteiger partial charge >= 0.3 is 6.03 Å². The highest BCUT2D eigenvalue weighted by Gasteiger charge is 2.34. The molecule has 3 amide bonds. The molecule has 2 aliphatic heterocycles. The highest BCUT2D eigenvalue weighted by atomic mass is 16.5. The Morgan fingerprint density at radius 1 is 1.36 bits per heavy atom. The van der Waals surface area contributed by atoms with Gasteiger partial charge in [-0.05, 0) is 12.5 Å². The lowest BCUT2D eigenvalue weighted by atomic mass is 10.1. The van der Waals surface area contributed by atoms with Crippen molar-refractivity contribution in [2.75, 3.05) is 26.3 Å². The fourth-order valence-corrected chi connectivity index (χ4v) is 2.79. The number of amides is 3. The number of urea groups is 1. The molecule has 3 rings (SSSR count). The Bertz CT molecular complexity index is 605. The molecule has 2 saturated heterocycles. The van der Waals surface area contributed by atoms with Gasteiger partial charge < -0.3 is 25.4 Å². The summed E-state index contributed by atoms with van der Waals surface area (Å²) in [5.41, 5.74) is 2.26. The summed E-state index contributed by atoms with van der Waals surface area (Å²) in [5, 5.41) is 12.7. The maximum Gasteiger partial charge on any atom is 0.317 e. The molecular formula is C17H23N3O5. The van der Waals surface area contributed by atoms with Crippen molar-refractivity contribution in [2.45, 2.75) is 19.5 Å². The van der Waals surface area contributed by atoms with E-state index in [1.165, 1.54) is 5.56 Å². The lowest BCUT2D eigenvalue weighted by Gasteiger charge is -2.27. The average Bonchev–Trinajstić information content (AvgIpc) is 2.83. The molecule has 8 nitrogen and oxygen atoms in total. The summed E-state index contributed by atoms with van der Waals surface area (Å²) >= 11 is 0. The number of hydrogen-bond donors (Lipinski definition) is 3. The standard InChI is InChI=1S/C16H21N3O3.CH2O2/c1-11-2-4-12(5-3-11)6-17-16(21)19-7-13-9-22-10-14(8-19)18-15(13)20;2-1-3/h2-5,13-14H,6-10H2,1H3,(H,17,21)(H,18,20);1H,(H,2,3)/t13-,14+;/m1./s1. The van der Waals surface area contributed by atoms with E-state index in [1.807, 2.05) is 31.2 Å². The molecule has 0 aliphatic carbocycles. The van der Waals surface area contributed by atoms with Gasteiger partial charge in [-0.2, -0.15) is 0 Å². The Labute approximate surface area is 146 Å². The number of benzene rings is 1. The first kappa shape index (κ1) is 18.7. The van der Waals surface area contributed by atoms with Crippen molar-refractivity contribution in [3.8, 4) is 0 Å². The van der Waals surface area contributed by atoms with E-state index in [-0.39, 0.29) is 30.4 Å². The third-order valence-corrected chi connectivity index (χ3v) is 4.09. The molecule has 1 aromatic rings. The number of rotatable bonds is 2. The van der Waals surface area contributed by atoms with E-state index in [9.17, 15) is 9.59 Å². The Morgan fingerprint density at radius 3 is 2.72 bits per heavy atom. The smallest absolute Gasteiger partial charge is 0.317 e. The molecule has 0 spiro atoms. The van der Waals surface area contributed by atoms with Gasteiger partial charge in [0, 0.05) is 19.6 Å². The Kier molecular flexibility index (Phi) is 6.76. The van der Waals surface area contributed by atoms with Crippen LogP contribution in [0.15, 0.2) is 24.3 Å². The average molecular weight is 349 g/mol. The van der Waals surface area contributed by atoms with Gasteiger partial charge in [0.1, 0.15) is 0 Å². The molecule has 0 radical (unpaired) electrons. The zero-order chi connectivity index (χ0) is 18.2. The molecule has 25 heavy (non-hydrogen) atoms.